The number of amides is 1. The number of benzene rings is 2. The number of carbonyl (C=O) groups excluding carboxylic acids is 1. The second-order valence-electron chi connectivity index (χ2n) is 5.34. The van der Waals surface area contributed by atoms with Crippen molar-refractivity contribution in [1.29, 1.82) is 0 Å². The molecule has 1 amide bonds. The van der Waals surface area contributed by atoms with E-state index in [1.807, 2.05) is 31.2 Å². The second kappa shape index (κ2) is 6.52. The minimum absolute atomic E-state index is 0.139. The van der Waals surface area contributed by atoms with E-state index in [4.69, 9.17) is 0 Å². The number of anilines is 1. The normalized spacial score (nSPS) is 10.7. The van der Waals surface area contributed by atoms with Crippen molar-refractivity contribution < 1.29 is 9.18 Å². The standard InChI is InChI=1S/C17H14BrFN4O/c1-11-3-6-13(7-4-11)23-10-15(20-21-23)17(24)22(2)16-8-5-12(18)9-14(16)19/h3-10H,1-2H3. The molecule has 0 aliphatic carbocycles. The molecule has 24 heavy (non-hydrogen) atoms. The lowest BCUT2D eigenvalue weighted by atomic mass is 10.2. The van der Waals surface area contributed by atoms with Crippen LogP contribution < -0.4 is 4.90 Å². The van der Waals surface area contributed by atoms with Gasteiger partial charge in [0.15, 0.2) is 5.69 Å². The Morgan fingerprint density at radius 1 is 1.21 bits per heavy atom. The van der Waals surface area contributed by atoms with Crippen molar-refractivity contribution >= 4 is 27.5 Å². The molecule has 0 N–H and O–H groups in total. The summed E-state index contributed by atoms with van der Waals surface area (Å²) in [6, 6.07) is 12.2. The van der Waals surface area contributed by atoms with Crippen molar-refractivity contribution in [2.45, 2.75) is 6.92 Å². The molecule has 1 heterocycles. The largest absolute Gasteiger partial charge is 0.307 e. The smallest absolute Gasteiger partial charge is 0.280 e. The van der Waals surface area contributed by atoms with Crippen LogP contribution in [0.4, 0.5) is 10.1 Å². The summed E-state index contributed by atoms with van der Waals surface area (Å²) in [6.07, 6.45) is 1.53. The summed E-state index contributed by atoms with van der Waals surface area (Å²) >= 11 is 3.19. The second-order valence-corrected chi connectivity index (χ2v) is 6.26. The number of aryl methyl sites for hydroxylation is 1. The maximum absolute atomic E-state index is 14.0. The molecule has 0 aliphatic heterocycles. The fourth-order valence-electron chi connectivity index (χ4n) is 2.22. The highest BCUT2D eigenvalue weighted by Crippen LogP contribution is 2.23. The molecule has 0 bridgehead atoms. The van der Waals surface area contributed by atoms with E-state index in [-0.39, 0.29) is 11.4 Å². The Labute approximate surface area is 146 Å². The van der Waals surface area contributed by atoms with Crippen LogP contribution in [0.3, 0.4) is 0 Å². The predicted octanol–water partition coefficient (Wildman–Crippen LogP) is 3.75. The van der Waals surface area contributed by atoms with Crippen molar-refractivity contribution in [2.75, 3.05) is 11.9 Å². The lowest BCUT2D eigenvalue weighted by Crippen LogP contribution is -2.27. The first-order valence-corrected chi connectivity index (χ1v) is 7.97. The number of rotatable bonds is 3. The molecule has 0 atom stereocenters. The van der Waals surface area contributed by atoms with Crippen molar-refractivity contribution in [3.8, 4) is 5.69 Å². The maximum Gasteiger partial charge on any atom is 0.280 e. The van der Waals surface area contributed by atoms with E-state index in [0.717, 1.165) is 11.3 Å². The quantitative estimate of drug-likeness (QED) is 0.686. The van der Waals surface area contributed by atoms with Crippen LogP contribution in [0.5, 0.6) is 0 Å². The molecule has 1 aromatic heterocycles. The van der Waals surface area contributed by atoms with Crippen molar-refractivity contribution in [3.63, 3.8) is 0 Å². The van der Waals surface area contributed by atoms with Gasteiger partial charge < -0.3 is 4.90 Å². The molecule has 0 spiro atoms. The van der Waals surface area contributed by atoms with Gasteiger partial charge in [0.1, 0.15) is 5.82 Å². The monoisotopic (exact) mass is 388 g/mol. The highest BCUT2D eigenvalue weighted by Gasteiger charge is 2.20. The highest BCUT2D eigenvalue weighted by atomic mass is 79.9. The summed E-state index contributed by atoms with van der Waals surface area (Å²) in [5.74, 6) is -0.930. The Balaban J connectivity index is 1.86. The molecule has 0 fully saturated rings. The summed E-state index contributed by atoms with van der Waals surface area (Å²) in [6.45, 7) is 1.99. The molecule has 0 saturated heterocycles. The van der Waals surface area contributed by atoms with Gasteiger partial charge in [-0.1, -0.05) is 38.8 Å². The predicted molar refractivity (Wildman–Crippen MR) is 92.9 cm³/mol. The summed E-state index contributed by atoms with van der Waals surface area (Å²) in [5.41, 5.74) is 2.23. The average molecular weight is 389 g/mol. The van der Waals surface area contributed by atoms with Gasteiger partial charge in [0, 0.05) is 11.5 Å². The third kappa shape index (κ3) is 3.21. The van der Waals surface area contributed by atoms with Gasteiger partial charge in [0.2, 0.25) is 0 Å². The molecule has 0 radical (unpaired) electrons. The Hall–Kier alpha value is -2.54. The van der Waals surface area contributed by atoms with Gasteiger partial charge in [0.05, 0.1) is 17.6 Å². The van der Waals surface area contributed by atoms with Crippen LogP contribution in [0.2, 0.25) is 0 Å². The average Bonchev–Trinajstić information content (AvgIpc) is 3.04. The van der Waals surface area contributed by atoms with Gasteiger partial charge in [-0.15, -0.1) is 5.10 Å². The third-order valence-electron chi connectivity index (χ3n) is 3.59. The summed E-state index contributed by atoms with van der Waals surface area (Å²) in [4.78, 5) is 13.7. The number of nitrogens with zero attached hydrogens (tertiary/aromatic N) is 4. The SMILES string of the molecule is Cc1ccc(-n2cc(C(=O)N(C)c3ccc(Br)cc3F)nn2)cc1. The van der Waals surface area contributed by atoms with Gasteiger partial charge in [-0.3, -0.25) is 4.79 Å². The van der Waals surface area contributed by atoms with Crippen molar-refractivity contribution in [1.82, 2.24) is 15.0 Å². The van der Waals surface area contributed by atoms with Crippen molar-refractivity contribution in [3.05, 3.63) is 70.2 Å². The highest BCUT2D eigenvalue weighted by molar-refractivity contribution is 9.10. The fraction of sp³-hybridized carbons (Fsp3) is 0.118. The number of hydrogen-bond donors (Lipinski definition) is 0. The minimum atomic E-state index is -0.494. The van der Waals surface area contributed by atoms with E-state index in [1.54, 1.807) is 6.07 Å². The van der Waals surface area contributed by atoms with Crippen LogP contribution in [0.1, 0.15) is 16.1 Å². The van der Waals surface area contributed by atoms with Crippen LogP contribution in [0, 0.1) is 12.7 Å². The number of hydrogen-bond acceptors (Lipinski definition) is 3. The molecule has 122 valence electrons. The maximum atomic E-state index is 14.0. The van der Waals surface area contributed by atoms with Gasteiger partial charge in [-0.05, 0) is 37.3 Å². The summed E-state index contributed by atoms with van der Waals surface area (Å²) < 4.78 is 16.1. The van der Waals surface area contributed by atoms with Gasteiger partial charge in [-0.2, -0.15) is 0 Å². The first-order chi connectivity index (χ1) is 11.5. The summed E-state index contributed by atoms with van der Waals surface area (Å²) in [7, 11) is 1.50. The van der Waals surface area contributed by atoms with Crippen LogP contribution in [-0.4, -0.2) is 27.9 Å². The zero-order chi connectivity index (χ0) is 17.3. The third-order valence-corrected chi connectivity index (χ3v) is 4.08. The fourth-order valence-corrected chi connectivity index (χ4v) is 2.55. The van der Waals surface area contributed by atoms with Crippen molar-refractivity contribution in [2.24, 2.45) is 0 Å². The van der Waals surface area contributed by atoms with Crippen LogP contribution in [-0.2, 0) is 0 Å². The van der Waals surface area contributed by atoms with Gasteiger partial charge in [-0.25, -0.2) is 9.07 Å². The zero-order valence-corrected chi connectivity index (χ0v) is 14.7. The number of halogens is 2. The van der Waals surface area contributed by atoms with E-state index in [2.05, 4.69) is 26.2 Å². The van der Waals surface area contributed by atoms with Crippen LogP contribution in [0.15, 0.2) is 53.1 Å². The Bertz CT molecular complexity index is 892. The van der Waals surface area contributed by atoms with Crippen LogP contribution >= 0.6 is 15.9 Å². The molecular weight excluding hydrogens is 375 g/mol. The minimum Gasteiger partial charge on any atom is -0.307 e. The molecule has 3 aromatic rings. The van der Waals surface area contributed by atoms with Crippen LogP contribution in [0.25, 0.3) is 5.69 Å². The zero-order valence-electron chi connectivity index (χ0n) is 13.1. The molecule has 7 heteroatoms. The van der Waals surface area contributed by atoms with E-state index in [1.165, 1.54) is 35.0 Å². The topological polar surface area (TPSA) is 51.0 Å². The molecule has 3 rings (SSSR count). The lowest BCUT2D eigenvalue weighted by Gasteiger charge is -2.16. The first-order valence-electron chi connectivity index (χ1n) is 7.18. The van der Waals surface area contributed by atoms with Gasteiger partial charge in [0.25, 0.3) is 5.91 Å². The lowest BCUT2D eigenvalue weighted by molar-refractivity contribution is 0.0987. The van der Waals surface area contributed by atoms with E-state index in [9.17, 15) is 9.18 Å². The Morgan fingerprint density at radius 3 is 2.58 bits per heavy atom. The van der Waals surface area contributed by atoms with E-state index < -0.39 is 11.7 Å². The number of carbonyl (C=O) groups is 1. The molecule has 0 saturated carbocycles. The van der Waals surface area contributed by atoms with E-state index >= 15 is 0 Å². The molecule has 0 aliphatic rings. The van der Waals surface area contributed by atoms with Gasteiger partial charge >= 0.3 is 0 Å². The molecule has 0 unspecified atom stereocenters. The van der Waals surface area contributed by atoms with E-state index in [0.29, 0.717) is 4.47 Å². The first kappa shape index (κ1) is 16.3. The Kier molecular flexibility index (Phi) is 4.44. The molecular formula is C17H14BrFN4O. The number of aromatic nitrogens is 3. The Morgan fingerprint density at radius 2 is 1.92 bits per heavy atom. The molecule has 5 nitrogen and oxygen atoms in total. The summed E-state index contributed by atoms with van der Waals surface area (Å²) in [5, 5.41) is 7.87. The molecule has 2 aromatic carbocycles.